The molecule has 1 fully saturated rings. The zero-order valence-corrected chi connectivity index (χ0v) is 26.6. The standard InChI is InChI=1S/C28H32Cl2N7.3ClH/c1-32(2)21-7-17-36(18-8-21)27-24(29)26(35-15-11-23(12-16-35)34-13-5-6-14-34)25(30)28(31-27)37-19-9-22(10-20-37)33(3)4;;;/h7-12,15-20H,5-6,13-14H2,1-4H3;3*1H/q+3;;;/p-3. The maximum Gasteiger partial charge on any atom is 0.358 e. The molecule has 40 heavy (non-hydrogen) atoms. The summed E-state index contributed by atoms with van der Waals surface area (Å²) in [5.74, 6) is 1.20. The van der Waals surface area contributed by atoms with Crippen molar-refractivity contribution >= 4 is 40.3 Å². The Morgan fingerprint density at radius 2 is 1.00 bits per heavy atom. The van der Waals surface area contributed by atoms with Crippen LogP contribution in [0.1, 0.15) is 12.8 Å². The predicted octanol–water partition coefficient (Wildman–Crippen LogP) is -5.04. The van der Waals surface area contributed by atoms with E-state index in [2.05, 4.69) is 26.8 Å². The Labute approximate surface area is 264 Å². The highest BCUT2D eigenvalue weighted by Gasteiger charge is 2.34. The highest BCUT2D eigenvalue weighted by molar-refractivity contribution is 6.38. The normalized spacial score (nSPS) is 12.2. The molecular formula is C28H32Cl5N7. The number of hydrogen-bond donors (Lipinski definition) is 0. The monoisotopic (exact) mass is 641 g/mol. The summed E-state index contributed by atoms with van der Waals surface area (Å²) < 4.78 is 5.82. The van der Waals surface area contributed by atoms with Crippen molar-refractivity contribution < 1.29 is 50.9 Å². The van der Waals surface area contributed by atoms with Crippen LogP contribution in [-0.4, -0.2) is 46.3 Å². The smallest absolute Gasteiger partial charge is 0.358 e. The number of pyridine rings is 4. The summed E-state index contributed by atoms with van der Waals surface area (Å²) in [7, 11) is 8.06. The predicted molar refractivity (Wildman–Crippen MR) is 149 cm³/mol. The summed E-state index contributed by atoms with van der Waals surface area (Å²) >= 11 is 14.1. The zero-order chi connectivity index (χ0) is 26.1. The number of nitrogens with zero attached hydrogens (tertiary/aromatic N) is 7. The lowest BCUT2D eigenvalue weighted by molar-refractivity contribution is -0.617. The van der Waals surface area contributed by atoms with Gasteiger partial charge in [0.25, 0.3) is 5.69 Å². The fourth-order valence-corrected chi connectivity index (χ4v) is 5.26. The van der Waals surface area contributed by atoms with E-state index in [1.807, 2.05) is 103 Å². The first-order valence-electron chi connectivity index (χ1n) is 12.4. The van der Waals surface area contributed by atoms with E-state index in [9.17, 15) is 0 Å². The number of hydrogen-bond acceptors (Lipinski definition) is 4. The molecule has 0 saturated carbocycles. The Balaban J connectivity index is 0.00000187. The minimum absolute atomic E-state index is 0. The second-order valence-corrected chi connectivity index (χ2v) is 10.4. The summed E-state index contributed by atoms with van der Waals surface area (Å²) in [6.45, 7) is 2.18. The van der Waals surface area contributed by atoms with Crippen molar-refractivity contribution in [2.75, 3.05) is 56.0 Å². The van der Waals surface area contributed by atoms with Crippen LogP contribution in [0.15, 0.2) is 73.6 Å². The van der Waals surface area contributed by atoms with E-state index in [-0.39, 0.29) is 37.2 Å². The Morgan fingerprint density at radius 3 is 1.38 bits per heavy atom. The van der Waals surface area contributed by atoms with Gasteiger partial charge in [-0.1, -0.05) is 23.2 Å². The third kappa shape index (κ3) is 6.84. The molecule has 12 heteroatoms. The lowest BCUT2D eigenvalue weighted by atomic mass is 10.3. The molecule has 0 unspecified atom stereocenters. The molecule has 0 aliphatic carbocycles. The first-order chi connectivity index (χ1) is 17.8. The quantitative estimate of drug-likeness (QED) is 0.197. The van der Waals surface area contributed by atoms with Gasteiger partial charge in [-0.25, -0.2) is 9.13 Å². The van der Waals surface area contributed by atoms with E-state index in [0.29, 0.717) is 27.4 Å². The van der Waals surface area contributed by atoms with Gasteiger partial charge in [-0.15, -0.1) is 0 Å². The summed E-state index contributed by atoms with van der Waals surface area (Å²) in [6.07, 6.45) is 14.4. The van der Waals surface area contributed by atoms with Gasteiger partial charge in [-0.3, -0.25) is 0 Å². The molecular weight excluding hydrogens is 612 g/mol. The van der Waals surface area contributed by atoms with Crippen molar-refractivity contribution in [2.24, 2.45) is 0 Å². The fourth-order valence-electron chi connectivity index (χ4n) is 4.55. The van der Waals surface area contributed by atoms with E-state index in [1.165, 1.54) is 18.5 Å². The molecule has 0 amide bonds. The molecule has 1 aliphatic rings. The molecule has 0 N–H and O–H groups in total. The van der Waals surface area contributed by atoms with Crippen LogP contribution in [0.3, 0.4) is 0 Å². The van der Waals surface area contributed by atoms with Crippen LogP contribution in [0.2, 0.25) is 10.0 Å². The highest BCUT2D eigenvalue weighted by atomic mass is 35.5. The van der Waals surface area contributed by atoms with Gasteiger partial charge < -0.3 is 51.9 Å². The topological polar surface area (TPSA) is 34.2 Å². The average Bonchev–Trinajstić information content (AvgIpc) is 3.45. The van der Waals surface area contributed by atoms with Crippen molar-refractivity contribution in [1.29, 1.82) is 0 Å². The molecule has 4 aromatic rings. The third-order valence-corrected chi connectivity index (χ3v) is 7.40. The average molecular weight is 644 g/mol. The lowest BCUT2D eigenvalue weighted by Crippen LogP contribution is -3.00. The summed E-state index contributed by atoms with van der Waals surface area (Å²) in [4.78, 5) is 11.5. The van der Waals surface area contributed by atoms with E-state index >= 15 is 0 Å². The molecule has 5 rings (SSSR count). The second kappa shape index (κ2) is 14.4. The molecule has 0 radical (unpaired) electrons. The van der Waals surface area contributed by atoms with E-state index in [1.54, 1.807) is 0 Å². The van der Waals surface area contributed by atoms with Gasteiger partial charge in [0.05, 0.1) is 24.8 Å². The van der Waals surface area contributed by atoms with Crippen LogP contribution in [-0.2, 0) is 0 Å². The summed E-state index contributed by atoms with van der Waals surface area (Å²) in [6, 6.07) is 12.4. The van der Waals surface area contributed by atoms with Crippen molar-refractivity contribution in [3.8, 4) is 17.3 Å². The molecule has 0 bridgehead atoms. The molecule has 4 aromatic heterocycles. The maximum atomic E-state index is 7.05. The first-order valence-corrected chi connectivity index (χ1v) is 13.1. The van der Waals surface area contributed by atoms with E-state index in [4.69, 9.17) is 28.2 Å². The number of anilines is 3. The van der Waals surface area contributed by atoms with Crippen molar-refractivity contribution in [3.05, 3.63) is 83.6 Å². The lowest BCUT2D eigenvalue weighted by Gasteiger charge is -2.16. The van der Waals surface area contributed by atoms with Crippen molar-refractivity contribution in [3.63, 3.8) is 0 Å². The van der Waals surface area contributed by atoms with Crippen LogP contribution in [0.4, 0.5) is 17.1 Å². The highest BCUT2D eigenvalue weighted by Crippen LogP contribution is 2.31. The SMILES string of the molecule is CN(C)c1cc[n+](-c2nc(-[n+]3ccc(N(C)C)cc3)c(Cl)c(-[n+]3ccc(N4CCCC4)cc3)c2Cl)cc1.[Cl-].[Cl-].[Cl-]. The molecule has 1 saturated heterocycles. The van der Waals surface area contributed by atoms with Gasteiger partial charge in [-0.2, -0.15) is 4.57 Å². The second-order valence-electron chi connectivity index (χ2n) is 9.61. The Hall–Kier alpha value is -2.55. The first kappa shape index (κ1) is 33.7. The third-order valence-electron chi connectivity index (χ3n) is 6.71. The van der Waals surface area contributed by atoms with Gasteiger partial charge in [0.1, 0.15) is 0 Å². The van der Waals surface area contributed by atoms with Crippen LogP contribution in [0, 0.1) is 0 Å². The number of aromatic nitrogens is 4. The molecule has 0 aromatic carbocycles. The molecule has 0 atom stereocenters. The van der Waals surface area contributed by atoms with Gasteiger partial charge in [-0.05, 0) is 12.8 Å². The van der Waals surface area contributed by atoms with Crippen LogP contribution in [0.25, 0.3) is 17.3 Å². The molecule has 1 aliphatic heterocycles. The largest absolute Gasteiger partial charge is 1.00 e. The molecule has 5 heterocycles. The van der Waals surface area contributed by atoms with Gasteiger partial charge in [0.15, 0.2) is 12.4 Å². The minimum atomic E-state index is 0. The summed E-state index contributed by atoms with van der Waals surface area (Å²) in [5.41, 5.74) is 4.06. The Kier molecular flexibility index (Phi) is 12.1. The Bertz CT molecular complexity index is 1320. The molecule has 214 valence electrons. The molecule has 0 spiro atoms. The minimum Gasteiger partial charge on any atom is -1.00 e. The van der Waals surface area contributed by atoms with Crippen molar-refractivity contribution in [2.45, 2.75) is 12.8 Å². The number of halogens is 5. The van der Waals surface area contributed by atoms with Crippen molar-refractivity contribution in [1.82, 2.24) is 4.98 Å². The van der Waals surface area contributed by atoms with Gasteiger partial charge in [0, 0.05) is 99.7 Å². The van der Waals surface area contributed by atoms with E-state index < -0.39 is 0 Å². The fraction of sp³-hybridized carbons (Fsp3) is 0.286. The van der Waals surface area contributed by atoms with Crippen LogP contribution >= 0.6 is 23.2 Å². The van der Waals surface area contributed by atoms with Gasteiger partial charge in [0.2, 0.25) is 10.0 Å². The molecule has 7 nitrogen and oxygen atoms in total. The summed E-state index contributed by atoms with van der Waals surface area (Å²) in [5, 5.41) is 0.946. The Morgan fingerprint density at radius 1 is 0.625 bits per heavy atom. The number of rotatable bonds is 6. The van der Waals surface area contributed by atoms with Gasteiger partial charge >= 0.3 is 11.6 Å². The zero-order valence-electron chi connectivity index (χ0n) is 22.8. The maximum absolute atomic E-state index is 7.05. The van der Waals surface area contributed by atoms with Crippen LogP contribution < -0.4 is 65.6 Å². The van der Waals surface area contributed by atoms with E-state index in [0.717, 1.165) is 24.5 Å². The van der Waals surface area contributed by atoms with Crippen LogP contribution in [0.5, 0.6) is 0 Å².